The number of fused-ring (bicyclic) bond motifs is 1. The Morgan fingerprint density at radius 1 is 1.35 bits per heavy atom. The first kappa shape index (κ1) is 18.4. The average molecular weight is 397 g/mol. The standard InChI is InChI=1S/C16H17ClN4O4S/c1-21(2)15-4-3-10(7-18-15)8-19-26(23,24)14-6-13-12(5-11(14)17)20-16(22)9-25-13/h3-7,19H,8-9H2,1-2H3,(H,20,22). The van der Waals surface area contributed by atoms with Crippen molar-refractivity contribution in [3.8, 4) is 5.75 Å². The van der Waals surface area contributed by atoms with Crippen LogP contribution in [0.1, 0.15) is 5.56 Å². The number of carbonyl (C=O) groups excluding carboxylic acids is 1. The minimum absolute atomic E-state index is 0.0110. The number of hydrogen-bond acceptors (Lipinski definition) is 6. The zero-order chi connectivity index (χ0) is 18.9. The van der Waals surface area contributed by atoms with Crippen molar-refractivity contribution in [1.29, 1.82) is 0 Å². The molecule has 1 aromatic carbocycles. The number of carbonyl (C=O) groups is 1. The van der Waals surface area contributed by atoms with Crippen LogP contribution >= 0.6 is 11.6 Å². The van der Waals surface area contributed by atoms with Gasteiger partial charge in [0.1, 0.15) is 16.5 Å². The predicted octanol–water partition coefficient (Wildman–Crippen LogP) is 1.61. The van der Waals surface area contributed by atoms with Crippen molar-refractivity contribution in [2.24, 2.45) is 0 Å². The molecule has 1 aliphatic rings. The molecule has 0 saturated carbocycles. The van der Waals surface area contributed by atoms with Crippen molar-refractivity contribution in [3.63, 3.8) is 0 Å². The molecule has 0 unspecified atom stereocenters. The van der Waals surface area contributed by atoms with Gasteiger partial charge in [-0.05, 0) is 17.7 Å². The molecule has 8 nitrogen and oxygen atoms in total. The highest BCUT2D eigenvalue weighted by Gasteiger charge is 2.24. The number of sulfonamides is 1. The van der Waals surface area contributed by atoms with Crippen LogP contribution in [-0.4, -0.2) is 40.0 Å². The zero-order valence-corrected chi connectivity index (χ0v) is 15.7. The molecule has 0 radical (unpaired) electrons. The summed E-state index contributed by atoms with van der Waals surface area (Å²) in [5, 5.41) is 2.56. The molecule has 2 aromatic rings. The molecule has 0 spiro atoms. The summed E-state index contributed by atoms with van der Waals surface area (Å²) in [4.78, 5) is 17.3. The number of aromatic nitrogens is 1. The summed E-state index contributed by atoms with van der Waals surface area (Å²) in [6.07, 6.45) is 1.60. The van der Waals surface area contributed by atoms with E-state index >= 15 is 0 Å². The number of amides is 1. The van der Waals surface area contributed by atoms with E-state index in [4.69, 9.17) is 16.3 Å². The van der Waals surface area contributed by atoms with Gasteiger partial charge in [0, 0.05) is 32.9 Å². The maximum Gasteiger partial charge on any atom is 0.262 e. The third-order valence-corrected chi connectivity index (χ3v) is 5.56. The van der Waals surface area contributed by atoms with Crippen LogP contribution in [0.3, 0.4) is 0 Å². The number of halogens is 1. The second-order valence-electron chi connectivity index (χ2n) is 5.86. The molecule has 0 atom stereocenters. The van der Waals surface area contributed by atoms with E-state index in [1.165, 1.54) is 12.1 Å². The second kappa shape index (κ2) is 7.10. The van der Waals surface area contributed by atoms with Gasteiger partial charge in [-0.2, -0.15) is 0 Å². The van der Waals surface area contributed by atoms with Crippen molar-refractivity contribution in [1.82, 2.24) is 9.71 Å². The Morgan fingerprint density at radius 3 is 2.77 bits per heavy atom. The molecule has 2 N–H and O–H groups in total. The van der Waals surface area contributed by atoms with Crippen LogP contribution in [0, 0.1) is 0 Å². The molecule has 1 aliphatic heterocycles. The minimum Gasteiger partial charge on any atom is -0.482 e. The Morgan fingerprint density at radius 2 is 2.12 bits per heavy atom. The maximum absolute atomic E-state index is 12.6. The minimum atomic E-state index is -3.88. The molecule has 0 bridgehead atoms. The van der Waals surface area contributed by atoms with Crippen molar-refractivity contribution < 1.29 is 17.9 Å². The highest BCUT2D eigenvalue weighted by Crippen LogP contribution is 2.35. The molecule has 10 heteroatoms. The van der Waals surface area contributed by atoms with Crippen LogP contribution in [0.5, 0.6) is 5.75 Å². The highest BCUT2D eigenvalue weighted by molar-refractivity contribution is 7.89. The lowest BCUT2D eigenvalue weighted by Gasteiger charge is -2.19. The van der Waals surface area contributed by atoms with E-state index in [9.17, 15) is 13.2 Å². The van der Waals surface area contributed by atoms with Crippen LogP contribution in [0.25, 0.3) is 0 Å². The molecule has 0 saturated heterocycles. The van der Waals surface area contributed by atoms with Gasteiger partial charge in [-0.15, -0.1) is 0 Å². The number of pyridine rings is 1. The summed E-state index contributed by atoms with van der Waals surface area (Å²) in [7, 11) is -0.139. The van der Waals surface area contributed by atoms with Crippen molar-refractivity contribution in [2.45, 2.75) is 11.4 Å². The van der Waals surface area contributed by atoms with E-state index in [2.05, 4.69) is 15.0 Å². The molecule has 138 valence electrons. The first-order valence-corrected chi connectivity index (χ1v) is 9.50. The van der Waals surface area contributed by atoms with Gasteiger partial charge in [-0.1, -0.05) is 17.7 Å². The smallest absolute Gasteiger partial charge is 0.262 e. The Kier molecular flexibility index (Phi) is 5.03. The van der Waals surface area contributed by atoms with Gasteiger partial charge >= 0.3 is 0 Å². The van der Waals surface area contributed by atoms with Crippen LogP contribution in [0.2, 0.25) is 5.02 Å². The maximum atomic E-state index is 12.6. The fraction of sp³-hybridized carbons (Fsp3) is 0.250. The summed E-state index contributed by atoms with van der Waals surface area (Å²) >= 11 is 6.09. The molecule has 1 amide bonds. The van der Waals surface area contributed by atoms with Crippen LogP contribution in [0.15, 0.2) is 35.4 Å². The van der Waals surface area contributed by atoms with Crippen LogP contribution in [-0.2, 0) is 21.4 Å². The van der Waals surface area contributed by atoms with E-state index in [0.717, 1.165) is 5.82 Å². The average Bonchev–Trinajstić information content (AvgIpc) is 2.59. The lowest BCUT2D eigenvalue weighted by molar-refractivity contribution is -0.118. The molecule has 3 rings (SSSR count). The summed E-state index contributed by atoms with van der Waals surface area (Å²) in [5.41, 5.74) is 1.05. The monoisotopic (exact) mass is 396 g/mol. The lowest BCUT2D eigenvalue weighted by atomic mass is 10.2. The normalized spacial score (nSPS) is 13.6. The summed E-state index contributed by atoms with van der Waals surface area (Å²) < 4.78 is 32.9. The molecule has 26 heavy (non-hydrogen) atoms. The quantitative estimate of drug-likeness (QED) is 0.796. The third-order valence-electron chi connectivity index (χ3n) is 3.69. The van der Waals surface area contributed by atoms with Crippen molar-refractivity contribution in [3.05, 3.63) is 41.0 Å². The number of nitrogens with one attached hydrogen (secondary N) is 2. The van der Waals surface area contributed by atoms with Gasteiger partial charge in [-0.25, -0.2) is 18.1 Å². The Hall–Kier alpha value is -2.36. The first-order chi connectivity index (χ1) is 12.3. The molecular weight excluding hydrogens is 380 g/mol. The summed E-state index contributed by atoms with van der Waals surface area (Å²) in [5.74, 6) is 0.705. The number of rotatable bonds is 5. The number of ether oxygens (including phenoxy) is 1. The Labute approximate surface area is 156 Å². The number of anilines is 2. The van der Waals surface area contributed by atoms with E-state index in [0.29, 0.717) is 11.3 Å². The highest BCUT2D eigenvalue weighted by atomic mass is 35.5. The van der Waals surface area contributed by atoms with Gasteiger partial charge in [0.25, 0.3) is 5.91 Å². The Bertz CT molecular complexity index is 945. The lowest BCUT2D eigenvalue weighted by Crippen LogP contribution is -2.27. The molecule has 2 heterocycles. The largest absolute Gasteiger partial charge is 0.482 e. The van der Waals surface area contributed by atoms with Gasteiger partial charge < -0.3 is 15.0 Å². The van der Waals surface area contributed by atoms with Gasteiger partial charge in [0.2, 0.25) is 10.0 Å². The van der Waals surface area contributed by atoms with E-state index in [-0.39, 0.29) is 34.7 Å². The molecule has 1 aromatic heterocycles. The SMILES string of the molecule is CN(C)c1ccc(CNS(=O)(=O)c2cc3c(cc2Cl)NC(=O)CO3)cn1. The summed E-state index contributed by atoms with van der Waals surface area (Å²) in [6.45, 7) is -0.112. The van der Waals surface area contributed by atoms with Gasteiger partial charge in [-0.3, -0.25) is 4.79 Å². The van der Waals surface area contributed by atoms with Crippen molar-refractivity contribution >= 4 is 39.0 Å². The first-order valence-electron chi connectivity index (χ1n) is 7.64. The van der Waals surface area contributed by atoms with E-state index in [1.54, 1.807) is 18.3 Å². The van der Waals surface area contributed by atoms with E-state index in [1.807, 2.05) is 19.0 Å². The van der Waals surface area contributed by atoms with Crippen LogP contribution in [0.4, 0.5) is 11.5 Å². The second-order valence-corrected chi connectivity index (χ2v) is 8.00. The third kappa shape index (κ3) is 3.90. The number of benzene rings is 1. The topological polar surface area (TPSA) is 101 Å². The fourth-order valence-corrected chi connectivity index (χ4v) is 3.89. The van der Waals surface area contributed by atoms with Crippen LogP contribution < -0.4 is 19.7 Å². The summed E-state index contributed by atoms with van der Waals surface area (Å²) in [6, 6.07) is 6.24. The fourth-order valence-electron chi connectivity index (χ4n) is 2.33. The zero-order valence-electron chi connectivity index (χ0n) is 14.1. The van der Waals surface area contributed by atoms with Gasteiger partial charge in [0.15, 0.2) is 6.61 Å². The van der Waals surface area contributed by atoms with Gasteiger partial charge in [0.05, 0.1) is 10.7 Å². The molecular formula is C16H17ClN4O4S. The van der Waals surface area contributed by atoms with E-state index < -0.39 is 10.0 Å². The predicted molar refractivity (Wildman–Crippen MR) is 98.2 cm³/mol. The number of hydrogen-bond donors (Lipinski definition) is 2. The molecule has 0 aliphatic carbocycles. The Balaban J connectivity index is 1.79. The molecule has 0 fully saturated rings. The number of nitrogens with zero attached hydrogens (tertiary/aromatic N) is 2. The van der Waals surface area contributed by atoms with Crippen molar-refractivity contribution in [2.75, 3.05) is 30.9 Å².